The molecular weight excluding hydrogens is 484 g/mol. The molecule has 0 saturated carbocycles. The molecule has 5 atom stereocenters. The molecular formula is C29H34N4O5. The number of benzene rings is 2. The van der Waals surface area contributed by atoms with Gasteiger partial charge in [-0.1, -0.05) is 60.7 Å². The fourth-order valence-corrected chi connectivity index (χ4v) is 5.88. The van der Waals surface area contributed by atoms with Crippen LogP contribution in [0.1, 0.15) is 36.8 Å². The van der Waals surface area contributed by atoms with Crippen LogP contribution in [0.15, 0.2) is 60.7 Å². The Labute approximate surface area is 222 Å². The lowest BCUT2D eigenvalue weighted by Crippen LogP contribution is -2.56. The Morgan fingerprint density at radius 3 is 2.13 bits per heavy atom. The second kappa shape index (κ2) is 11.3. The number of amides is 4. The first-order valence-electron chi connectivity index (χ1n) is 13.4. The number of hydrogen-bond acceptors (Lipinski definition) is 5. The highest BCUT2D eigenvalue weighted by atomic mass is 16.3. The summed E-state index contributed by atoms with van der Waals surface area (Å²) in [5.41, 5.74) is 1.85. The summed E-state index contributed by atoms with van der Waals surface area (Å²) >= 11 is 0. The molecule has 0 spiro atoms. The van der Waals surface area contributed by atoms with E-state index in [0.717, 1.165) is 11.1 Å². The topological polar surface area (TPSA) is 119 Å². The largest absolute Gasteiger partial charge is 0.391 e. The smallest absolute Gasteiger partial charge is 0.246 e. The second-order valence-corrected chi connectivity index (χ2v) is 10.5. The Kier molecular flexibility index (Phi) is 7.74. The number of aliphatic hydroxyl groups is 1. The molecule has 3 aliphatic rings. The lowest BCUT2D eigenvalue weighted by atomic mass is 10.0. The Morgan fingerprint density at radius 2 is 1.45 bits per heavy atom. The van der Waals surface area contributed by atoms with E-state index in [9.17, 15) is 24.3 Å². The van der Waals surface area contributed by atoms with Crippen molar-refractivity contribution >= 4 is 23.6 Å². The molecule has 38 heavy (non-hydrogen) atoms. The Bertz CT molecular complexity index is 1170. The summed E-state index contributed by atoms with van der Waals surface area (Å²) < 4.78 is 0. The average molecular weight is 519 g/mol. The summed E-state index contributed by atoms with van der Waals surface area (Å²) in [5, 5.41) is 16.3. The molecule has 0 aromatic heterocycles. The molecule has 3 N–H and O–H groups in total. The van der Waals surface area contributed by atoms with Crippen LogP contribution in [0.25, 0.3) is 0 Å². The fourth-order valence-electron chi connectivity index (χ4n) is 5.88. The maximum atomic E-state index is 13.8. The minimum absolute atomic E-state index is 0.0220. The van der Waals surface area contributed by atoms with Crippen molar-refractivity contribution in [1.82, 2.24) is 20.4 Å². The lowest BCUT2D eigenvalue weighted by molar-refractivity contribution is -0.147. The monoisotopic (exact) mass is 518 g/mol. The van der Waals surface area contributed by atoms with E-state index in [1.165, 1.54) is 4.90 Å². The molecule has 0 bridgehead atoms. The zero-order valence-electron chi connectivity index (χ0n) is 21.3. The molecule has 9 heteroatoms. The van der Waals surface area contributed by atoms with Crippen LogP contribution in [-0.2, 0) is 32.0 Å². The number of aliphatic hydroxyl groups excluding tert-OH is 1. The van der Waals surface area contributed by atoms with Gasteiger partial charge in [0.05, 0.1) is 6.10 Å². The van der Waals surface area contributed by atoms with Crippen molar-refractivity contribution < 1.29 is 24.3 Å². The normalized spacial score (nSPS) is 28.5. The van der Waals surface area contributed by atoms with Crippen molar-refractivity contribution in [3.8, 4) is 0 Å². The van der Waals surface area contributed by atoms with E-state index in [1.807, 2.05) is 60.7 Å². The third-order valence-corrected chi connectivity index (χ3v) is 7.70. The highest BCUT2D eigenvalue weighted by Crippen LogP contribution is 2.27. The molecule has 200 valence electrons. The summed E-state index contributed by atoms with van der Waals surface area (Å²) in [7, 11) is 0. The van der Waals surface area contributed by atoms with Gasteiger partial charge in [-0.05, 0) is 30.4 Å². The van der Waals surface area contributed by atoms with Crippen LogP contribution in [0.3, 0.4) is 0 Å². The minimum Gasteiger partial charge on any atom is -0.391 e. The van der Waals surface area contributed by atoms with E-state index in [1.54, 1.807) is 4.90 Å². The molecule has 0 radical (unpaired) electrons. The van der Waals surface area contributed by atoms with Crippen LogP contribution in [0, 0.1) is 0 Å². The van der Waals surface area contributed by atoms with E-state index in [4.69, 9.17) is 0 Å². The zero-order chi connectivity index (χ0) is 26.6. The maximum absolute atomic E-state index is 13.8. The Balaban J connectivity index is 1.48. The molecule has 2 aromatic carbocycles. The van der Waals surface area contributed by atoms with Crippen molar-refractivity contribution in [3.05, 3.63) is 71.8 Å². The zero-order valence-corrected chi connectivity index (χ0v) is 21.3. The van der Waals surface area contributed by atoms with E-state index in [2.05, 4.69) is 10.6 Å². The summed E-state index contributed by atoms with van der Waals surface area (Å²) in [6, 6.07) is 16.0. The first kappa shape index (κ1) is 25.9. The van der Waals surface area contributed by atoms with Gasteiger partial charge in [0.15, 0.2) is 0 Å². The fraction of sp³-hybridized carbons (Fsp3) is 0.448. The third kappa shape index (κ3) is 5.72. The predicted octanol–water partition coefficient (Wildman–Crippen LogP) is 0.798. The van der Waals surface area contributed by atoms with Gasteiger partial charge in [0.1, 0.15) is 18.1 Å². The van der Waals surface area contributed by atoms with Crippen LogP contribution < -0.4 is 10.6 Å². The van der Waals surface area contributed by atoms with E-state index < -0.39 is 30.3 Å². The third-order valence-electron chi connectivity index (χ3n) is 7.70. The van der Waals surface area contributed by atoms with Gasteiger partial charge in [-0.15, -0.1) is 0 Å². The second-order valence-electron chi connectivity index (χ2n) is 10.5. The van der Waals surface area contributed by atoms with Crippen LogP contribution in [0.2, 0.25) is 0 Å². The van der Waals surface area contributed by atoms with Crippen LogP contribution in [-0.4, -0.2) is 81.9 Å². The van der Waals surface area contributed by atoms with Gasteiger partial charge in [0.25, 0.3) is 0 Å². The summed E-state index contributed by atoms with van der Waals surface area (Å²) in [6.07, 6.45) is 1.12. The molecule has 3 heterocycles. The lowest BCUT2D eigenvalue weighted by Gasteiger charge is -2.32. The number of rotatable bonds is 4. The first-order valence-corrected chi connectivity index (χ1v) is 13.4. The molecule has 3 fully saturated rings. The number of carbonyl (C=O) groups excluding carboxylic acids is 4. The van der Waals surface area contributed by atoms with Crippen molar-refractivity contribution in [1.29, 1.82) is 0 Å². The van der Waals surface area contributed by atoms with Gasteiger partial charge in [0, 0.05) is 38.4 Å². The van der Waals surface area contributed by atoms with Gasteiger partial charge >= 0.3 is 0 Å². The Hall–Kier alpha value is -3.72. The quantitative estimate of drug-likeness (QED) is 0.553. The molecule has 3 saturated heterocycles. The molecule has 4 amide bonds. The van der Waals surface area contributed by atoms with Crippen LogP contribution in [0.4, 0.5) is 0 Å². The molecule has 3 aliphatic heterocycles. The Morgan fingerprint density at radius 1 is 0.789 bits per heavy atom. The molecule has 0 aliphatic carbocycles. The highest BCUT2D eigenvalue weighted by Gasteiger charge is 2.46. The van der Waals surface area contributed by atoms with Crippen molar-refractivity contribution in [3.63, 3.8) is 0 Å². The number of nitrogens with zero attached hydrogens (tertiary/aromatic N) is 2. The average Bonchev–Trinajstić information content (AvgIpc) is 3.55. The van der Waals surface area contributed by atoms with Gasteiger partial charge in [-0.25, -0.2) is 0 Å². The number of carbonyl (C=O) groups is 4. The van der Waals surface area contributed by atoms with Gasteiger partial charge in [-0.3, -0.25) is 19.2 Å². The number of hydrogen-bond donors (Lipinski definition) is 3. The van der Waals surface area contributed by atoms with Crippen LogP contribution >= 0.6 is 0 Å². The summed E-state index contributed by atoms with van der Waals surface area (Å²) in [4.78, 5) is 57.3. The van der Waals surface area contributed by atoms with E-state index in [-0.39, 0.29) is 43.0 Å². The van der Waals surface area contributed by atoms with Crippen molar-refractivity contribution in [2.75, 3.05) is 13.1 Å². The standard InChI is InChI=1S/C29H34N4O5/c34-22-17-25-27(36)30-21(14-19-8-3-1-4-9-19)16-26(35)31-23(15-20-10-5-2-6-11-20)28(37)32-13-7-12-24(32)29(38)33(25)18-22/h1-6,8-11,21-25,34H,7,12-18H2,(H,30,36)(H,31,35). The molecule has 5 rings (SSSR count). The molecule has 2 aromatic rings. The number of nitrogens with one attached hydrogen (secondary N) is 2. The first-order chi connectivity index (χ1) is 18.4. The summed E-state index contributed by atoms with van der Waals surface area (Å²) in [5.74, 6) is -1.35. The predicted molar refractivity (Wildman–Crippen MR) is 140 cm³/mol. The highest BCUT2D eigenvalue weighted by molar-refractivity contribution is 5.96. The minimum atomic E-state index is -0.850. The van der Waals surface area contributed by atoms with Gasteiger partial charge in [-0.2, -0.15) is 0 Å². The maximum Gasteiger partial charge on any atom is 0.246 e. The van der Waals surface area contributed by atoms with Gasteiger partial charge < -0.3 is 25.5 Å². The van der Waals surface area contributed by atoms with Crippen molar-refractivity contribution in [2.24, 2.45) is 0 Å². The number of fused-ring (bicyclic) bond motifs is 2. The van der Waals surface area contributed by atoms with Crippen LogP contribution in [0.5, 0.6) is 0 Å². The SMILES string of the molecule is O=C1CC(Cc2ccccc2)NC(=O)C2CC(O)CN2C(=O)C2CCCN2C(=O)C(Cc2ccccc2)N1. The van der Waals surface area contributed by atoms with E-state index >= 15 is 0 Å². The molecule has 9 nitrogen and oxygen atoms in total. The summed E-state index contributed by atoms with van der Waals surface area (Å²) in [6.45, 7) is 0.448. The van der Waals surface area contributed by atoms with E-state index in [0.29, 0.717) is 32.2 Å². The van der Waals surface area contributed by atoms with Gasteiger partial charge in [0.2, 0.25) is 23.6 Å². The molecule has 5 unspecified atom stereocenters. The van der Waals surface area contributed by atoms with Crippen molar-refractivity contribution in [2.45, 2.75) is 68.8 Å².